The molecule has 0 aromatic rings. The highest BCUT2D eigenvalue weighted by Crippen LogP contribution is 2.32. The van der Waals surface area contributed by atoms with E-state index in [9.17, 15) is 25.5 Å². The molecule has 3 rings (SSSR count). The zero-order valence-corrected chi connectivity index (χ0v) is 22.3. The van der Waals surface area contributed by atoms with Gasteiger partial charge >= 0.3 is 0 Å². The zero-order valence-electron chi connectivity index (χ0n) is 22.3. The largest absolute Gasteiger partial charge is 0.450 e. The summed E-state index contributed by atoms with van der Waals surface area (Å²) in [7, 11) is 0. The van der Waals surface area contributed by atoms with Gasteiger partial charge in [0.1, 0.15) is 48.8 Å². The summed E-state index contributed by atoms with van der Waals surface area (Å²) in [6.45, 7) is 3.79. The predicted octanol–water partition coefficient (Wildman–Crippen LogP) is -2.16. The van der Waals surface area contributed by atoms with Gasteiger partial charge in [0, 0.05) is 31.6 Å². The second-order valence-corrected chi connectivity index (χ2v) is 9.31. The number of ether oxygens (including phenoxy) is 8. The van der Waals surface area contributed by atoms with Gasteiger partial charge in [-0.2, -0.15) is 0 Å². The van der Waals surface area contributed by atoms with Crippen molar-refractivity contribution in [2.24, 2.45) is 10.1 Å². The molecule has 17 nitrogen and oxygen atoms in total. The Morgan fingerprint density at radius 1 is 0.850 bits per heavy atom. The van der Waals surface area contributed by atoms with Crippen LogP contribution in [-0.4, -0.2) is 159 Å². The van der Waals surface area contributed by atoms with Crippen LogP contribution in [0.3, 0.4) is 0 Å². The van der Waals surface area contributed by atoms with Crippen molar-refractivity contribution in [2.45, 2.75) is 74.7 Å². The highest BCUT2D eigenvalue weighted by atomic mass is 16.7. The van der Waals surface area contributed by atoms with Gasteiger partial charge in [0.25, 0.3) is 0 Å². The van der Waals surface area contributed by atoms with Gasteiger partial charge in [-0.3, -0.25) is 0 Å². The van der Waals surface area contributed by atoms with E-state index in [4.69, 9.17) is 43.4 Å². The van der Waals surface area contributed by atoms with Crippen molar-refractivity contribution in [1.29, 1.82) is 0 Å². The molecule has 0 radical (unpaired) electrons. The fraction of sp³-hybridized carbons (Fsp3) is 0.957. The summed E-state index contributed by atoms with van der Waals surface area (Å²) in [5, 5.41) is 55.1. The van der Waals surface area contributed by atoms with Gasteiger partial charge in [0.15, 0.2) is 12.2 Å². The smallest absolute Gasteiger partial charge is 0.227 e. The normalized spacial score (nSPS) is 35.5. The number of hydrogen-bond donors (Lipinski definition) is 5. The minimum atomic E-state index is -1.64. The lowest BCUT2D eigenvalue weighted by Gasteiger charge is -2.45. The molecule has 0 amide bonds. The van der Waals surface area contributed by atoms with Gasteiger partial charge in [-0.05, 0) is 12.0 Å². The fourth-order valence-corrected chi connectivity index (χ4v) is 4.34. The Morgan fingerprint density at radius 2 is 1.52 bits per heavy atom. The van der Waals surface area contributed by atoms with Gasteiger partial charge in [-0.25, -0.2) is 4.99 Å². The lowest BCUT2D eigenvalue weighted by atomic mass is 9.96. The molecule has 0 unspecified atom stereocenters. The van der Waals surface area contributed by atoms with Crippen LogP contribution in [-0.2, 0) is 37.9 Å². The van der Waals surface area contributed by atoms with E-state index in [0.717, 1.165) is 0 Å². The first kappa shape index (κ1) is 32.8. The zero-order chi connectivity index (χ0) is 28.9. The Morgan fingerprint density at radius 3 is 2.20 bits per heavy atom. The molecule has 17 heteroatoms. The average molecular weight is 581 g/mol. The molecule has 2 fully saturated rings. The van der Waals surface area contributed by atoms with Gasteiger partial charge in [-0.1, -0.05) is 5.11 Å². The molecule has 0 saturated carbocycles. The molecule has 0 aromatic carbocycles. The van der Waals surface area contributed by atoms with E-state index < -0.39 is 68.0 Å². The molecule has 2 saturated heterocycles. The molecular weight excluding hydrogens is 540 g/mol. The van der Waals surface area contributed by atoms with Crippen LogP contribution in [0.4, 0.5) is 0 Å². The maximum atomic E-state index is 10.8. The quantitative estimate of drug-likeness (QED) is 0.0503. The van der Waals surface area contributed by atoms with Gasteiger partial charge < -0.3 is 63.4 Å². The minimum Gasteiger partial charge on any atom is -0.450 e. The number of fused-ring (bicyclic) bond motifs is 1. The first-order chi connectivity index (χ1) is 19.4. The molecule has 40 heavy (non-hydrogen) atoms. The molecule has 3 aliphatic heterocycles. The summed E-state index contributed by atoms with van der Waals surface area (Å²) < 4.78 is 44.1. The van der Waals surface area contributed by atoms with Crippen molar-refractivity contribution in [2.75, 3.05) is 66.0 Å². The van der Waals surface area contributed by atoms with E-state index in [1.165, 1.54) is 0 Å². The van der Waals surface area contributed by atoms with Crippen molar-refractivity contribution >= 4 is 5.90 Å². The Balaban J connectivity index is 1.32. The molecule has 0 bridgehead atoms. The lowest BCUT2D eigenvalue weighted by Crippen LogP contribution is -2.64. The first-order valence-electron chi connectivity index (χ1n) is 13.2. The van der Waals surface area contributed by atoms with E-state index in [2.05, 4.69) is 15.0 Å². The average Bonchev–Trinajstić information content (AvgIpc) is 3.33. The van der Waals surface area contributed by atoms with Crippen LogP contribution < -0.4 is 0 Å². The first-order valence-corrected chi connectivity index (χ1v) is 13.2. The van der Waals surface area contributed by atoms with Crippen LogP contribution in [0.1, 0.15) is 13.3 Å². The number of rotatable bonds is 18. The lowest BCUT2D eigenvalue weighted by molar-refractivity contribution is -0.342. The number of aliphatic hydroxyl groups is 5. The third-order valence-electron chi connectivity index (χ3n) is 6.40. The van der Waals surface area contributed by atoms with Crippen LogP contribution in [0.2, 0.25) is 0 Å². The summed E-state index contributed by atoms with van der Waals surface area (Å²) in [6, 6.07) is -0.801. The molecule has 3 aliphatic rings. The number of nitrogens with zero attached hydrogens (tertiary/aromatic N) is 4. The second kappa shape index (κ2) is 17.3. The minimum absolute atomic E-state index is 0.133. The topological polar surface area (TPSA) is 236 Å². The number of aliphatic imine (C=N–C) groups is 1. The van der Waals surface area contributed by atoms with Crippen molar-refractivity contribution in [3.8, 4) is 0 Å². The third kappa shape index (κ3) is 9.42. The number of aliphatic hydroxyl groups excluding tert-OH is 5. The van der Waals surface area contributed by atoms with Crippen LogP contribution >= 0.6 is 0 Å². The SMILES string of the molecule is CC1=N[C@H]2[C@@H](O1)O[C@H](CO)[C@@H](O[C@@H]1O[C@H](COCCOCCCOCCOCCN=[N+]=[N-])[C@@H](O)[C@H](O)[C@@H]1O)[C@@H]2O. The molecule has 0 aromatic heterocycles. The van der Waals surface area contributed by atoms with Gasteiger partial charge in [0.2, 0.25) is 6.29 Å². The van der Waals surface area contributed by atoms with Crippen molar-refractivity contribution < 1.29 is 63.4 Å². The molecule has 5 N–H and O–H groups in total. The Labute approximate surface area is 231 Å². The Kier molecular flexibility index (Phi) is 14.2. The maximum absolute atomic E-state index is 10.8. The van der Waals surface area contributed by atoms with Crippen molar-refractivity contribution in [3.05, 3.63) is 10.4 Å². The van der Waals surface area contributed by atoms with E-state index >= 15 is 0 Å². The van der Waals surface area contributed by atoms with E-state index in [1.54, 1.807) is 6.92 Å². The fourth-order valence-electron chi connectivity index (χ4n) is 4.34. The number of hydrogen-bond acceptors (Lipinski definition) is 15. The summed E-state index contributed by atoms with van der Waals surface area (Å²) in [4.78, 5) is 6.81. The van der Waals surface area contributed by atoms with Crippen LogP contribution in [0.15, 0.2) is 10.1 Å². The van der Waals surface area contributed by atoms with Crippen LogP contribution in [0.25, 0.3) is 10.4 Å². The van der Waals surface area contributed by atoms with Crippen LogP contribution in [0.5, 0.6) is 0 Å². The van der Waals surface area contributed by atoms with Gasteiger partial charge in [0.05, 0.1) is 46.2 Å². The Bertz CT molecular complexity index is 820. The summed E-state index contributed by atoms with van der Waals surface area (Å²) in [6.07, 6.45) is -10.9. The predicted molar refractivity (Wildman–Crippen MR) is 133 cm³/mol. The van der Waals surface area contributed by atoms with E-state index in [-0.39, 0.29) is 26.4 Å². The summed E-state index contributed by atoms with van der Waals surface area (Å²) >= 11 is 0. The van der Waals surface area contributed by atoms with Crippen molar-refractivity contribution in [3.63, 3.8) is 0 Å². The van der Waals surface area contributed by atoms with Crippen molar-refractivity contribution in [1.82, 2.24) is 0 Å². The molecule has 0 spiro atoms. The van der Waals surface area contributed by atoms with Gasteiger partial charge in [-0.15, -0.1) is 0 Å². The highest BCUT2D eigenvalue weighted by Gasteiger charge is 2.52. The standard InChI is InChI=1S/C23H40N4O13/c1-13-26-16-18(30)21(14(11-28)38-22(16)37-13)40-23-20(32)19(31)17(29)15(39-23)12-36-10-9-34-5-2-4-33-7-8-35-6-3-25-27-24/h14-23,28-32H,2-12H2,1H3/t14-,15-,16-,17-,18-,19+,20+,21-,22+,23+/m1/s1. The summed E-state index contributed by atoms with van der Waals surface area (Å²) in [5.41, 5.74) is 8.15. The van der Waals surface area contributed by atoms with E-state index in [0.29, 0.717) is 45.4 Å². The van der Waals surface area contributed by atoms with Crippen LogP contribution in [0, 0.1) is 0 Å². The van der Waals surface area contributed by atoms with E-state index in [1.807, 2.05) is 0 Å². The third-order valence-corrected chi connectivity index (χ3v) is 6.40. The molecule has 10 atom stereocenters. The maximum Gasteiger partial charge on any atom is 0.227 e. The summed E-state index contributed by atoms with van der Waals surface area (Å²) in [5.74, 6) is 0.315. The molecule has 0 aliphatic carbocycles. The molecular formula is C23H40N4O13. The number of azide groups is 1. The molecule has 230 valence electrons. The Hall–Kier alpha value is -1.70. The second-order valence-electron chi connectivity index (χ2n) is 9.31. The highest BCUT2D eigenvalue weighted by molar-refractivity contribution is 5.75. The monoisotopic (exact) mass is 580 g/mol. The molecule has 3 heterocycles.